The molecule has 0 aliphatic carbocycles. The Balaban J connectivity index is 1.65. The molecule has 0 fully saturated rings. The Kier molecular flexibility index (Phi) is 6.29. The van der Waals surface area contributed by atoms with Gasteiger partial charge in [-0.25, -0.2) is 0 Å². The van der Waals surface area contributed by atoms with Gasteiger partial charge in [-0.15, -0.1) is 0 Å². The Morgan fingerprint density at radius 2 is 1.89 bits per heavy atom. The lowest BCUT2D eigenvalue weighted by Crippen LogP contribution is -2.30. The largest absolute Gasteiger partial charge is 0.356 e. The lowest BCUT2D eigenvalue weighted by Gasteiger charge is -2.17. The molecule has 2 N–H and O–H groups in total. The number of thiocarbonyl (C=S) groups is 1. The standard InChI is InChI=1S/C21H23BrN4S/c1-14(18-9-5-4-6-10-18)23-21(27)24-19-11-7-8-17(12-19)13-26-16(3)20(22)15(2)25-26/h4-12,14H,13H2,1-3H3,(H2,23,24,27). The Hall–Kier alpha value is -2.18. The highest BCUT2D eigenvalue weighted by Crippen LogP contribution is 2.21. The summed E-state index contributed by atoms with van der Waals surface area (Å²) in [6.07, 6.45) is 0. The molecule has 2 aromatic carbocycles. The Morgan fingerprint density at radius 1 is 1.15 bits per heavy atom. The van der Waals surface area contributed by atoms with Crippen LogP contribution in [0.15, 0.2) is 59.1 Å². The molecular weight excluding hydrogens is 420 g/mol. The topological polar surface area (TPSA) is 41.9 Å². The van der Waals surface area contributed by atoms with Gasteiger partial charge in [0.05, 0.1) is 28.4 Å². The van der Waals surface area contributed by atoms with Gasteiger partial charge in [-0.1, -0.05) is 42.5 Å². The molecule has 4 nitrogen and oxygen atoms in total. The van der Waals surface area contributed by atoms with E-state index in [0.29, 0.717) is 11.7 Å². The van der Waals surface area contributed by atoms with Crippen molar-refractivity contribution in [3.63, 3.8) is 0 Å². The molecule has 0 aliphatic heterocycles. The summed E-state index contributed by atoms with van der Waals surface area (Å²) < 4.78 is 3.07. The van der Waals surface area contributed by atoms with Crippen molar-refractivity contribution in [3.05, 3.63) is 81.6 Å². The maximum atomic E-state index is 5.48. The minimum Gasteiger partial charge on any atom is -0.356 e. The number of rotatable bonds is 5. The summed E-state index contributed by atoms with van der Waals surface area (Å²) in [6.45, 7) is 6.88. The van der Waals surface area contributed by atoms with Crippen LogP contribution < -0.4 is 10.6 Å². The highest BCUT2D eigenvalue weighted by atomic mass is 79.9. The van der Waals surface area contributed by atoms with Crippen molar-refractivity contribution in [1.29, 1.82) is 0 Å². The molecule has 0 bridgehead atoms. The van der Waals surface area contributed by atoms with Crippen LogP contribution in [0.2, 0.25) is 0 Å². The molecule has 0 amide bonds. The van der Waals surface area contributed by atoms with Crippen molar-refractivity contribution in [2.45, 2.75) is 33.4 Å². The fraction of sp³-hybridized carbons (Fsp3) is 0.238. The van der Waals surface area contributed by atoms with E-state index in [1.54, 1.807) is 0 Å². The lowest BCUT2D eigenvalue weighted by molar-refractivity contribution is 0.659. The molecule has 0 saturated carbocycles. The molecule has 0 aliphatic rings. The third kappa shape index (κ3) is 4.96. The molecule has 1 atom stereocenters. The van der Waals surface area contributed by atoms with Gasteiger partial charge in [0.2, 0.25) is 0 Å². The molecule has 0 spiro atoms. The minimum atomic E-state index is 0.140. The number of aryl methyl sites for hydroxylation is 1. The van der Waals surface area contributed by atoms with Crippen molar-refractivity contribution in [3.8, 4) is 0 Å². The number of hydrogen-bond donors (Lipinski definition) is 2. The average molecular weight is 443 g/mol. The lowest BCUT2D eigenvalue weighted by atomic mass is 10.1. The first kappa shape index (κ1) is 19.6. The van der Waals surface area contributed by atoms with Crippen LogP contribution in [0.1, 0.15) is 35.5 Å². The van der Waals surface area contributed by atoms with Crippen LogP contribution in [-0.2, 0) is 6.54 Å². The molecule has 0 saturated heterocycles. The molecule has 3 rings (SSSR count). The van der Waals surface area contributed by atoms with Crippen LogP contribution in [0.3, 0.4) is 0 Å². The maximum absolute atomic E-state index is 5.48. The van der Waals surface area contributed by atoms with Crippen LogP contribution in [0.4, 0.5) is 5.69 Å². The number of benzene rings is 2. The second-order valence-corrected chi connectivity index (χ2v) is 7.77. The monoisotopic (exact) mass is 442 g/mol. The van der Waals surface area contributed by atoms with Gasteiger partial charge in [0, 0.05) is 5.69 Å². The number of anilines is 1. The zero-order valence-corrected chi connectivity index (χ0v) is 18.1. The Bertz CT molecular complexity index is 937. The second-order valence-electron chi connectivity index (χ2n) is 6.57. The van der Waals surface area contributed by atoms with Gasteiger partial charge in [-0.2, -0.15) is 5.10 Å². The van der Waals surface area contributed by atoms with E-state index >= 15 is 0 Å². The molecule has 6 heteroatoms. The first-order valence-corrected chi connectivity index (χ1v) is 10.0. The Labute approximate surface area is 174 Å². The Morgan fingerprint density at radius 3 is 2.56 bits per heavy atom. The summed E-state index contributed by atoms with van der Waals surface area (Å²) >= 11 is 9.06. The summed E-state index contributed by atoms with van der Waals surface area (Å²) in [7, 11) is 0. The van der Waals surface area contributed by atoms with E-state index in [0.717, 1.165) is 27.1 Å². The van der Waals surface area contributed by atoms with E-state index < -0.39 is 0 Å². The number of halogens is 1. The van der Waals surface area contributed by atoms with Crippen molar-refractivity contribution in [1.82, 2.24) is 15.1 Å². The average Bonchev–Trinajstić information content (AvgIpc) is 2.89. The summed E-state index contributed by atoms with van der Waals surface area (Å²) in [5.41, 5.74) is 5.45. The van der Waals surface area contributed by atoms with Crippen LogP contribution in [0, 0.1) is 13.8 Å². The van der Waals surface area contributed by atoms with E-state index in [-0.39, 0.29) is 6.04 Å². The number of nitrogens with zero attached hydrogens (tertiary/aromatic N) is 2. The SMILES string of the molecule is Cc1nn(Cc2cccc(NC(=S)NC(C)c3ccccc3)c2)c(C)c1Br. The maximum Gasteiger partial charge on any atom is 0.171 e. The van der Waals surface area contributed by atoms with Gasteiger partial charge < -0.3 is 10.6 Å². The van der Waals surface area contributed by atoms with Crippen LogP contribution in [-0.4, -0.2) is 14.9 Å². The van der Waals surface area contributed by atoms with E-state index in [1.165, 1.54) is 5.56 Å². The van der Waals surface area contributed by atoms with E-state index in [2.05, 4.69) is 69.8 Å². The van der Waals surface area contributed by atoms with Crippen LogP contribution >= 0.6 is 28.1 Å². The van der Waals surface area contributed by atoms with Gasteiger partial charge in [-0.05, 0) is 72.2 Å². The predicted octanol–water partition coefficient (Wildman–Crippen LogP) is 5.36. The van der Waals surface area contributed by atoms with Crippen molar-refractivity contribution in [2.75, 3.05) is 5.32 Å². The summed E-state index contributed by atoms with van der Waals surface area (Å²) in [5.74, 6) is 0. The van der Waals surface area contributed by atoms with Gasteiger partial charge in [0.25, 0.3) is 0 Å². The smallest absolute Gasteiger partial charge is 0.171 e. The summed E-state index contributed by atoms with van der Waals surface area (Å²) in [5, 5.41) is 11.8. The number of hydrogen-bond acceptors (Lipinski definition) is 2. The molecule has 27 heavy (non-hydrogen) atoms. The van der Waals surface area contributed by atoms with Gasteiger partial charge in [-0.3, -0.25) is 4.68 Å². The van der Waals surface area contributed by atoms with Gasteiger partial charge in [0.1, 0.15) is 0 Å². The molecule has 140 valence electrons. The quantitative estimate of drug-likeness (QED) is 0.521. The molecule has 1 heterocycles. The molecule has 0 radical (unpaired) electrons. The molecule has 3 aromatic rings. The predicted molar refractivity (Wildman–Crippen MR) is 119 cm³/mol. The van der Waals surface area contributed by atoms with Crippen molar-refractivity contribution < 1.29 is 0 Å². The second kappa shape index (κ2) is 8.67. The fourth-order valence-corrected chi connectivity index (χ4v) is 3.52. The first-order valence-electron chi connectivity index (χ1n) is 8.85. The highest BCUT2D eigenvalue weighted by Gasteiger charge is 2.10. The first-order chi connectivity index (χ1) is 12.9. The minimum absolute atomic E-state index is 0.140. The normalized spacial score (nSPS) is 11.9. The van der Waals surface area contributed by atoms with Crippen molar-refractivity contribution in [2.24, 2.45) is 0 Å². The van der Waals surface area contributed by atoms with Crippen LogP contribution in [0.25, 0.3) is 0 Å². The number of nitrogens with one attached hydrogen (secondary N) is 2. The van der Waals surface area contributed by atoms with E-state index in [1.807, 2.05) is 41.9 Å². The fourth-order valence-electron chi connectivity index (χ4n) is 2.94. The zero-order valence-electron chi connectivity index (χ0n) is 15.7. The number of aromatic nitrogens is 2. The van der Waals surface area contributed by atoms with Gasteiger partial charge >= 0.3 is 0 Å². The molecule has 1 unspecified atom stereocenters. The van der Waals surface area contributed by atoms with E-state index in [4.69, 9.17) is 12.2 Å². The molecule has 1 aromatic heterocycles. The zero-order chi connectivity index (χ0) is 19.4. The summed E-state index contributed by atoms with van der Waals surface area (Å²) in [6, 6.07) is 18.6. The third-order valence-electron chi connectivity index (χ3n) is 4.46. The van der Waals surface area contributed by atoms with Crippen LogP contribution in [0.5, 0.6) is 0 Å². The van der Waals surface area contributed by atoms with Crippen molar-refractivity contribution >= 4 is 38.9 Å². The third-order valence-corrected chi connectivity index (χ3v) is 5.83. The highest BCUT2D eigenvalue weighted by molar-refractivity contribution is 9.10. The summed E-state index contributed by atoms with van der Waals surface area (Å²) in [4.78, 5) is 0. The molecular formula is C21H23BrN4S. The van der Waals surface area contributed by atoms with E-state index in [9.17, 15) is 0 Å². The van der Waals surface area contributed by atoms with Gasteiger partial charge in [0.15, 0.2) is 5.11 Å².